The Kier molecular flexibility index (Phi) is 5.79. The fourth-order valence-electron chi connectivity index (χ4n) is 4.38. The number of carbonyl (C=O) groups is 1. The Morgan fingerprint density at radius 1 is 1.17 bits per heavy atom. The first-order chi connectivity index (χ1) is 14.2. The van der Waals surface area contributed by atoms with Crippen molar-refractivity contribution in [2.24, 2.45) is 0 Å². The van der Waals surface area contributed by atoms with Crippen LogP contribution in [0, 0.1) is 6.92 Å². The second-order valence-electron chi connectivity index (χ2n) is 7.67. The number of nitrogens with zero attached hydrogens (tertiary/aromatic N) is 2. The largest absolute Gasteiger partial charge is 0.344 e. The van der Waals surface area contributed by atoms with Crippen molar-refractivity contribution in [2.75, 3.05) is 13.1 Å². The van der Waals surface area contributed by atoms with Gasteiger partial charge in [-0.25, -0.2) is 5.48 Å². The average molecular weight is 389 g/mol. The van der Waals surface area contributed by atoms with Crippen molar-refractivity contribution >= 4 is 22.9 Å². The SMILES string of the molecule is Cc1cc2ccccc2n1CCN1CCC[C@H]1c1ccc(/C=C/C(=O)NO)cc1. The molecule has 150 valence electrons. The van der Waals surface area contributed by atoms with Gasteiger partial charge in [-0.15, -0.1) is 0 Å². The number of fused-ring (bicyclic) bond motifs is 1. The molecule has 29 heavy (non-hydrogen) atoms. The summed E-state index contributed by atoms with van der Waals surface area (Å²) in [4.78, 5) is 13.7. The molecular weight excluding hydrogens is 362 g/mol. The molecule has 1 fully saturated rings. The van der Waals surface area contributed by atoms with Crippen LogP contribution in [0.4, 0.5) is 0 Å². The number of hydrogen-bond donors (Lipinski definition) is 2. The summed E-state index contributed by atoms with van der Waals surface area (Å²) < 4.78 is 2.42. The van der Waals surface area contributed by atoms with Gasteiger partial charge in [0.15, 0.2) is 0 Å². The first kappa shape index (κ1) is 19.4. The lowest BCUT2D eigenvalue weighted by molar-refractivity contribution is -0.124. The van der Waals surface area contributed by atoms with Crippen molar-refractivity contribution < 1.29 is 10.0 Å². The summed E-state index contributed by atoms with van der Waals surface area (Å²) in [5, 5.41) is 9.87. The monoisotopic (exact) mass is 389 g/mol. The number of aromatic nitrogens is 1. The molecule has 0 unspecified atom stereocenters. The van der Waals surface area contributed by atoms with Gasteiger partial charge in [-0.05, 0) is 61.0 Å². The molecule has 2 aromatic carbocycles. The van der Waals surface area contributed by atoms with Gasteiger partial charge in [0.1, 0.15) is 0 Å². The summed E-state index contributed by atoms with van der Waals surface area (Å²) in [6.45, 7) is 5.33. The minimum absolute atomic E-state index is 0.441. The Labute approximate surface area is 171 Å². The van der Waals surface area contributed by atoms with E-state index in [1.807, 2.05) is 12.1 Å². The van der Waals surface area contributed by atoms with Crippen LogP contribution >= 0.6 is 0 Å². The summed E-state index contributed by atoms with van der Waals surface area (Å²) in [6, 6.07) is 19.6. The standard InChI is InChI=1S/C24H27N3O2/c1-18-17-21-5-2-3-6-23(21)27(18)16-15-26-14-4-7-22(26)20-11-8-19(9-12-20)10-13-24(28)25-29/h2-3,5-6,8-13,17,22,29H,4,7,14-16H2,1H3,(H,25,28)/b13-10+/t22-/m0/s1. The summed E-state index contributed by atoms with van der Waals surface area (Å²) in [7, 11) is 0. The van der Waals surface area contributed by atoms with Crippen LogP contribution < -0.4 is 5.48 Å². The van der Waals surface area contributed by atoms with Crippen LogP contribution in [0.1, 0.15) is 35.7 Å². The molecule has 2 N–H and O–H groups in total. The van der Waals surface area contributed by atoms with E-state index in [1.54, 1.807) is 11.6 Å². The highest BCUT2D eigenvalue weighted by Gasteiger charge is 2.25. The second-order valence-corrected chi connectivity index (χ2v) is 7.67. The smallest absolute Gasteiger partial charge is 0.267 e. The Morgan fingerprint density at radius 3 is 2.76 bits per heavy atom. The number of hydroxylamine groups is 1. The van der Waals surface area contributed by atoms with E-state index < -0.39 is 5.91 Å². The highest BCUT2D eigenvalue weighted by molar-refractivity contribution is 5.90. The first-order valence-electron chi connectivity index (χ1n) is 10.2. The second kappa shape index (κ2) is 8.64. The van der Waals surface area contributed by atoms with Crippen molar-refractivity contribution in [3.63, 3.8) is 0 Å². The molecule has 1 aromatic heterocycles. The van der Waals surface area contributed by atoms with E-state index in [0.717, 1.165) is 25.2 Å². The number of benzene rings is 2. The maximum Gasteiger partial charge on any atom is 0.267 e. The van der Waals surface area contributed by atoms with Crippen LogP contribution in [-0.2, 0) is 11.3 Å². The maximum absolute atomic E-state index is 11.1. The third-order valence-electron chi connectivity index (χ3n) is 5.85. The van der Waals surface area contributed by atoms with E-state index >= 15 is 0 Å². The molecule has 2 heterocycles. The van der Waals surface area contributed by atoms with Crippen LogP contribution in [0.3, 0.4) is 0 Å². The molecule has 0 radical (unpaired) electrons. The zero-order chi connectivity index (χ0) is 20.2. The third-order valence-corrected chi connectivity index (χ3v) is 5.85. The normalized spacial score (nSPS) is 17.4. The Balaban J connectivity index is 1.44. The van der Waals surface area contributed by atoms with Gasteiger partial charge in [0, 0.05) is 36.4 Å². The van der Waals surface area contributed by atoms with E-state index in [2.05, 4.69) is 58.9 Å². The molecule has 1 aliphatic heterocycles. The molecule has 3 aromatic rings. The molecule has 0 bridgehead atoms. The molecule has 0 saturated carbocycles. The highest BCUT2D eigenvalue weighted by Crippen LogP contribution is 2.32. The van der Waals surface area contributed by atoms with Gasteiger partial charge < -0.3 is 4.57 Å². The fourth-order valence-corrected chi connectivity index (χ4v) is 4.38. The number of likely N-dealkylation sites (tertiary alicyclic amines) is 1. The predicted octanol–water partition coefficient (Wildman–Crippen LogP) is 4.31. The van der Waals surface area contributed by atoms with Crippen molar-refractivity contribution in [3.8, 4) is 0 Å². The van der Waals surface area contributed by atoms with Gasteiger partial charge in [0.25, 0.3) is 5.91 Å². The predicted molar refractivity (Wildman–Crippen MR) is 116 cm³/mol. The van der Waals surface area contributed by atoms with Gasteiger partial charge in [0.2, 0.25) is 0 Å². The number of amides is 1. The van der Waals surface area contributed by atoms with Crippen molar-refractivity contribution in [1.82, 2.24) is 14.9 Å². The minimum Gasteiger partial charge on any atom is -0.344 e. The Morgan fingerprint density at radius 2 is 1.97 bits per heavy atom. The summed E-state index contributed by atoms with van der Waals surface area (Å²) >= 11 is 0. The topological polar surface area (TPSA) is 57.5 Å². The van der Waals surface area contributed by atoms with Gasteiger partial charge in [0.05, 0.1) is 0 Å². The van der Waals surface area contributed by atoms with E-state index in [0.29, 0.717) is 6.04 Å². The Hall–Kier alpha value is -2.89. The van der Waals surface area contributed by atoms with E-state index in [4.69, 9.17) is 5.21 Å². The summed E-state index contributed by atoms with van der Waals surface area (Å²) in [5.74, 6) is -0.524. The van der Waals surface area contributed by atoms with Crippen LogP contribution in [-0.4, -0.2) is 33.7 Å². The number of carbonyl (C=O) groups excluding carboxylic acids is 1. The highest BCUT2D eigenvalue weighted by atomic mass is 16.5. The van der Waals surface area contributed by atoms with E-state index in [-0.39, 0.29) is 0 Å². The molecule has 5 heteroatoms. The van der Waals surface area contributed by atoms with Gasteiger partial charge in [-0.2, -0.15) is 0 Å². The van der Waals surface area contributed by atoms with Crippen molar-refractivity contribution in [2.45, 2.75) is 32.4 Å². The molecule has 0 aliphatic carbocycles. The van der Waals surface area contributed by atoms with Crippen LogP contribution in [0.2, 0.25) is 0 Å². The third kappa shape index (κ3) is 4.26. The van der Waals surface area contributed by atoms with Crippen LogP contribution in [0.5, 0.6) is 0 Å². The molecule has 1 amide bonds. The zero-order valence-electron chi connectivity index (χ0n) is 16.7. The van der Waals surface area contributed by atoms with Crippen LogP contribution in [0.25, 0.3) is 17.0 Å². The quantitative estimate of drug-likeness (QED) is 0.375. The van der Waals surface area contributed by atoms with Crippen molar-refractivity contribution in [1.29, 1.82) is 0 Å². The molecule has 4 rings (SSSR count). The lowest BCUT2D eigenvalue weighted by atomic mass is 10.0. The first-order valence-corrected chi connectivity index (χ1v) is 10.2. The minimum atomic E-state index is -0.524. The molecule has 1 saturated heterocycles. The summed E-state index contributed by atoms with van der Waals surface area (Å²) in [6.07, 6.45) is 5.41. The fraction of sp³-hybridized carbons (Fsp3) is 0.292. The number of nitrogens with one attached hydrogen (secondary N) is 1. The average Bonchev–Trinajstić information content (AvgIpc) is 3.34. The van der Waals surface area contributed by atoms with Gasteiger partial charge in [-0.1, -0.05) is 42.5 Å². The van der Waals surface area contributed by atoms with Gasteiger partial charge >= 0.3 is 0 Å². The molecule has 1 aliphatic rings. The number of para-hydroxylation sites is 1. The molecule has 5 nitrogen and oxygen atoms in total. The van der Waals surface area contributed by atoms with Crippen LogP contribution in [0.15, 0.2) is 60.7 Å². The molecule has 1 atom stereocenters. The van der Waals surface area contributed by atoms with Gasteiger partial charge in [-0.3, -0.25) is 14.9 Å². The molecule has 0 spiro atoms. The lowest BCUT2D eigenvalue weighted by Crippen LogP contribution is -2.27. The van der Waals surface area contributed by atoms with E-state index in [9.17, 15) is 4.79 Å². The number of rotatable bonds is 6. The lowest BCUT2D eigenvalue weighted by Gasteiger charge is -2.25. The maximum atomic E-state index is 11.1. The number of aryl methyl sites for hydroxylation is 1. The number of hydrogen-bond acceptors (Lipinski definition) is 3. The summed E-state index contributed by atoms with van der Waals surface area (Å²) in [5.41, 5.74) is 6.48. The zero-order valence-corrected chi connectivity index (χ0v) is 16.7. The van der Waals surface area contributed by atoms with Crippen molar-refractivity contribution in [3.05, 3.63) is 77.5 Å². The Bertz CT molecular complexity index is 1020. The molecular formula is C24H27N3O2. The van der Waals surface area contributed by atoms with E-state index in [1.165, 1.54) is 41.1 Å².